The Hall–Kier alpha value is -2.49. The lowest BCUT2D eigenvalue weighted by molar-refractivity contribution is -0.387. The Morgan fingerprint density at radius 3 is 2.37 bits per heavy atom. The van der Waals surface area contributed by atoms with Crippen LogP contribution in [0.25, 0.3) is 0 Å². The van der Waals surface area contributed by atoms with Crippen molar-refractivity contribution >= 4 is 17.3 Å². The molecule has 0 fully saturated rings. The molecular formula is C17H20ClN3O6. The van der Waals surface area contributed by atoms with Crippen LogP contribution in [0.5, 0.6) is 11.8 Å². The van der Waals surface area contributed by atoms with Crippen LogP contribution in [0.3, 0.4) is 0 Å². The standard InChI is InChI=1S/C17H20ClN3O6/c1-4-5-27-9-10-6-11(18)7-12(15(10)21(23)24)16(22)17-19-13(25-2)8-14(20-17)26-3/h6-8,16,22H,4-5,9H2,1-3H3. The van der Waals surface area contributed by atoms with E-state index in [-0.39, 0.29) is 46.0 Å². The number of halogens is 1. The lowest BCUT2D eigenvalue weighted by atomic mass is 10.0. The Morgan fingerprint density at radius 1 is 1.22 bits per heavy atom. The maximum atomic E-state index is 11.7. The fourth-order valence-corrected chi connectivity index (χ4v) is 2.69. The summed E-state index contributed by atoms with van der Waals surface area (Å²) in [5.41, 5.74) is -0.0869. The minimum absolute atomic E-state index is 0.00722. The molecule has 0 spiro atoms. The van der Waals surface area contributed by atoms with E-state index in [0.717, 1.165) is 6.42 Å². The Balaban J connectivity index is 2.54. The number of hydrogen-bond acceptors (Lipinski definition) is 8. The van der Waals surface area contributed by atoms with Crippen molar-refractivity contribution in [1.82, 2.24) is 9.97 Å². The summed E-state index contributed by atoms with van der Waals surface area (Å²) < 4.78 is 15.5. The van der Waals surface area contributed by atoms with Gasteiger partial charge in [-0.05, 0) is 18.6 Å². The van der Waals surface area contributed by atoms with Crippen molar-refractivity contribution in [3.63, 3.8) is 0 Å². The molecular weight excluding hydrogens is 378 g/mol. The van der Waals surface area contributed by atoms with Crippen molar-refractivity contribution in [2.45, 2.75) is 26.1 Å². The molecule has 1 aromatic carbocycles. The normalized spacial score (nSPS) is 11.9. The quantitative estimate of drug-likeness (QED) is 0.389. The van der Waals surface area contributed by atoms with E-state index in [2.05, 4.69) is 9.97 Å². The molecule has 0 amide bonds. The molecule has 0 aliphatic heterocycles. The molecule has 0 saturated carbocycles. The number of aliphatic hydroxyl groups is 1. The van der Waals surface area contributed by atoms with Crippen molar-refractivity contribution in [2.75, 3.05) is 20.8 Å². The van der Waals surface area contributed by atoms with Crippen molar-refractivity contribution in [1.29, 1.82) is 0 Å². The molecule has 0 bridgehead atoms. The molecule has 27 heavy (non-hydrogen) atoms. The topological polar surface area (TPSA) is 117 Å². The van der Waals surface area contributed by atoms with Gasteiger partial charge < -0.3 is 19.3 Å². The molecule has 1 heterocycles. The number of ether oxygens (including phenoxy) is 3. The van der Waals surface area contributed by atoms with Gasteiger partial charge in [-0.25, -0.2) is 0 Å². The highest BCUT2D eigenvalue weighted by Gasteiger charge is 2.29. The molecule has 2 rings (SSSR count). The van der Waals surface area contributed by atoms with Crippen LogP contribution in [-0.2, 0) is 11.3 Å². The predicted octanol–water partition coefficient (Wildman–Crippen LogP) is 3.06. The van der Waals surface area contributed by atoms with Gasteiger partial charge >= 0.3 is 0 Å². The van der Waals surface area contributed by atoms with E-state index in [1.165, 1.54) is 32.4 Å². The van der Waals surface area contributed by atoms with Crippen LogP contribution in [0, 0.1) is 10.1 Å². The SMILES string of the molecule is CCCOCc1cc(Cl)cc(C(O)c2nc(OC)cc(OC)n2)c1[N+](=O)[O-]. The zero-order valence-electron chi connectivity index (χ0n) is 15.1. The second-order valence-electron chi connectivity index (χ2n) is 5.53. The summed E-state index contributed by atoms with van der Waals surface area (Å²) >= 11 is 6.11. The molecule has 10 heteroatoms. The van der Waals surface area contributed by atoms with Gasteiger partial charge in [0.2, 0.25) is 11.8 Å². The largest absolute Gasteiger partial charge is 0.481 e. The number of nitro benzene ring substituents is 1. The number of aromatic nitrogens is 2. The third-order valence-electron chi connectivity index (χ3n) is 3.63. The molecule has 0 radical (unpaired) electrons. The second kappa shape index (κ2) is 9.45. The number of methoxy groups -OCH3 is 2. The molecule has 0 saturated heterocycles. The second-order valence-corrected chi connectivity index (χ2v) is 5.96. The smallest absolute Gasteiger partial charge is 0.281 e. The molecule has 1 N–H and O–H groups in total. The first-order valence-corrected chi connectivity index (χ1v) is 8.48. The fraction of sp³-hybridized carbons (Fsp3) is 0.412. The van der Waals surface area contributed by atoms with Crippen LogP contribution in [0.15, 0.2) is 18.2 Å². The summed E-state index contributed by atoms with van der Waals surface area (Å²) in [5, 5.41) is 22.6. The van der Waals surface area contributed by atoms with E-state index in [1.807, 2.05) is 6.92 Å². The van der Waals surface area contributed by atoms with Crippen LogP contribution in [-0.4, -0.2) is 40.8 Å². The Labute approximate surface area is 161 Å². The maximum absolute atomic E-state index is 11.7. The molecule has 2 aromatic rings. The molecule has 146 valence electrons. The summed E-state index contributed by atoms with van der Waals surface area (Å²) in [6.07, 6.45) is -0.751. The van der Waals surface area contributed by atoms with Crippen molar-refractivity contribution in [3.8, 4) is 11.8 Å². The van der Waals surface area contributed by atoms with Crippen LogP contribution >= 0.6 is 11.6 Å². The van der Waals surface area contributed by atoms with Crippen molar-refractivity contribution < 1.29 is 24.2 Å². The highest BCUT2D eigenvalue weighted by atomic mass is 35.5. The molecule has 9 nitrogen and oxygen atoms in total. The van der Waals surface area contributed by atoms with Gasteiger partial charge in [0, 0.05) is 11.6 Å². The Bertz CT molecular complexity index is 795. The zero-order chi connectivity index (χ0) is 20.0. The summed E-state index contributed by atoms with van der Waals surface area (Å²) in [6, 6.07) is 4.17. The highest BCUT2D eigenvalue weighted by molar-refractivity contribution is 6.30. The third kappa shape index (κ3) is 5.03. The molecule has 1 unspecified atom stereocenters. The molecule has 0 aliphatic carbocycles. The lowest BCUT2D eigenvalue weighted by Gasteiger charge is -2.15. The average molecular weight is 398 g/mol. The van der Waals surface area contributed by atoms with Gasteiger partial charge in [0.25, 0.3) is 5.69 Å². The molecule has 1 aromatic heterocycles. The van der Waals surface area contributed by atoms with E-state index < -0.39 is 11.0 Å². The van der Waals surface area contributed by atoms with Crippen molar-refractivity contribution in [3.05, 3.63) is 50.3 Å². The van der Waals surface area contributed by atoms with Gasteiger partial charge in [-0.1, -0.05) is 18.5 Å². The van der Waals surface area contributed by atoms with Crippen LogP contribution in [0.2, 0.25) is 5.02 Å². The summed E-state index contributed by atoms with van der Waals surface area (Å²) in [7, 11) is 2.78. The number of nitrogens with zero attached hydrogens (tertiary/aromatic N) is 3. The van der Waals surface area contributed by atoms with E-state index in [0.29, 0.717) is 6.61 Å². The van der Waals surface area contributed by atoms with E-state index in [1.54, 1.807) is 0 Å². The van der Waals surface area contributed by atoms with Crippen LogP contribution in [0.4, 0.5) is 5.69 Å². The van der Waals surface area contributed by atoms with Gasteiger partial charge in [0.05, 0.1) is 42.9 Å². The maximum Gasteiger partial charge on any atom is 0.281 e. The van der Waals surface area contributed by atoms with Crippen molar-refractivity contribution in [2.24, 2.45) is 0 Å². The molecule has 1 atom stereocenters. The van der Waals surface area contributed by atoms with E-state index in [9.17, 15) is 15.2 Å². The van der Waals surface area contributed by atoms with Gasteiger partial charge in [0.15, 0.2) is 5.82 Å². The number of benzene rings is 1. The first-order chi connectivity index (χ1) is 12.9. The van der Waals surface area contributed by atoms with Crippen LogP contribution < -0.4 is 9.47 Å². The number of nitro groups is 1. The van der Waals surface area contributed by atoms with Crippen LogP contribution in [0.1, 0.15) is 36.4 Å². The zero-order valence-corrected chi connectivity index (χ0v) is 15.9. The Morgan fingerprint density at radius 2 is 1.85 bits per heavy atom. The number of aliphatic hydroxyl groups excluding tert-OH is 1. The summed E-state index contributed by atoms with van der Waals surface area (Å²) in [5.74, 6) is 0.177. The minimum Gasteiger partial charge on any atom is -0.481 e. The average Bonchev–Trinajstić information content (AvgIpc) is 2.66. The monoisotopic (exact) mass is 397 g/mol. The number of hydrogen-bond donors (Lipinski definition) is 1. The predicted molar refractivity (Wildman–Crippen MR) is 97.3 cm³/mol. The first kappa shape index (κ1) is 20.8. The first-order valence-electron chi connectivity index (χ1n) is 8.10. The fourth-order valence-electron chi connectivity index (χ4n) is 2.44. The third-order valence-corrected chi connectivity index (χ3v) is 3.84. The Kier molecular flexibility index (Phi) is 7.28. The lowest BCUT2D eigenvalue weighted by Crippen LogP contribution is -2.11. The van der Waals surface area contributed by atoms with E-state index in [4.69, 9.17) is 25.8 Å². The summed E-state index contributed by atoms with van der Waals surface area (Å²) in [6.45, 7) is 2.36. The summed E-state index contributed by atoms with van der Waals surface area (Å²) in [4.78, 5) is 19.2. The van der Waals surface area contributed by atoms with Gasteiger partial charge in [-0.2, -0.15) is 9.97 Å². The van der Waals surface area contributed by atoms with Gasteiger partial charge in [-0.15, -0.1) is 0 Å². The number of rotatable bonds is 9. The van der Waals surface area contributed by atoms with Gasteiger partial charge in [0.1, 0.15) is 6.10 Å². The highest BCUT2D eigenvalue weighted by Crippen LogP contribution is 2.35. The van der Waals surface area contributed by atoms with E-state index >= 15 is 0 Å². The molecule has 0 aliphatic rings. The van der Waals surface area contributed by atoms with Gasteiger partial charge in [-0.3, -0.25) is 10.1 Å². The minimum atomic E-state index is -1.52.